The minimum absolute atomic E-state index is 0. The van der Waals surface area contributed by atoms with Crippen LogP contribution in [0.2, 0.25) is 0 Å². The van der Waals surface area contributed by atoms with Crippen molar-refractivity contribution in [3.63, 3.8) is 0 Å². The summed E-state index contributed by atoms with van der Waals surface area (Å²) >= 11 is 0. The third-order valence-electron chi connectivity index (χ3n) is 6.61. The van der Waals surface area contributed by atoms with E-state index >= 15 is 0 Å². The number of amides is 1. The third-order valence-corrected chi connectivity index (χ3v) is 6.61. The monoisotopic (exact) mass is 508 g/mol. The van der Waals surface area contributed by atoms with E-state index in [1.54, 1.807) is 51.6 Å². The molecule has 0 spiro atoms. The lowest BCUT2D eigenvalue weighted by atomic mass is 10.0. The average molecular weight is 509 g/mol. The molecular weight excluding hydrogens is 478 g/mol. The van der Waals surface area contributed by atoms with Crippen LogP contribution in [0.1, 0.15) is 36.2 Å². The predicted octanol–water partition coefficient (Wildman–Crippen LogP) is 7.24. The number of anilines is 1. The van der Waals surface area contributed by atoms with Gasteiger partial charge in [0.2, 0.25) is 0 Å². The van der Waals surface area contributed by atoms with Crippen LogP contribution in [0, 0.1) is 25.7 Å². The number of hydrogen-bond acceptors (Lipinski definition) is 6. The summed E-state index contributed by atoms with van der Waals surface area (Å²) in [5.74, 6) is 1.69. The zero-order valence-corrected chi connectivity index (χ0v) is 21.9. The molecule has 1 amide bonds. The molecule has 0 saturated carbocycles. The first-order chi connectivity index (χ1) is 18.3. The van der Waals surface area contributed by atoms with Gasteiger partial charge in [0.1, 0.15) is 5.75 Å². The highest BCUT2D eigenvalue weighted by Crippen LogP contribution is 2.49. The maximum Gasteiger partial charge on any atom is 0.417 e. The van der Waals surface area contributed by atoms with E-state index < -0.39 is 6.09 Å². The van der Waals surface area contributed by atoms with Gasteiger partial charge in [0.05, 0.1) is 19.7 Å². The van der Waals surface area contributed by atoms with Crippen molar-refractivity contribution in [3.05, 3.63) is 95.0 Å². The molecule has 1 radical (unpaired) electrons. The summed E-state index contributed by atoms with van der Waals surface area (Å²) in [5, 5.41) is 11.6. The number of methoxy groups -OCH3 is 2. The van der Waals surface area contributed by atoms with E-state index in [9.17, 15) is 4.79 Å². The van der Waals surface area contributed by atoms with E-state index in [0.717, 1.165) is 44.3 Å². The van der Waals surface area contributed by atoms with E-state index in [1.807, 2.05) is 38.1 Å². The number of aromatic nitrogens is 1. The van der Waals surface area contributed by atoms with Crippen LogP contribution in [0.15, 0.2) is 60.8 Å². The molecule has 7 nitrogen and oxygen atoms in total. The fourth-order valence-electron chi connectivity index (χ4n) is 4.54. The lowest BCUT2D eigenvalue weighted by Gasteiger charge is -2.13. The van der Waals surface area contributed by atoms with Crippen LogP contribution in [-0.2, 0) is 0 Å². The van der Waals surface area contributed by atoms with Crippen LogP contribution in [-0.4, -0.2) is 31.0 Å². The summed E-state index contributed by atoms with van der Waals surface area (Å²) < 4.78 is 16.4. The third kappa shape index (κ3) is 4.83. The summed E-state index contributed by atoms with van der Waals surface area (Å²) in [6.07, 6.45) is 3.38. The number of carbonyl (C=O) groups excluding carboxylic acids is 1. The van der Waals surface area contributed by atoms with Gasteiger partial charge in [-0.25, -0.2) is 4.79 Å². The van der Waals surface area contributed by atoms with E-state index in [1.165, 1.54) is 0 Å². The van der Waals surface area contributed by atoms with Gasteiger partial charge in [-0.1, -0.05) is 12.1 Å². The minimum atomic E-state index is -0.578. The summed E-state index contributed by atoms with van der Waals surface area (Å²) in [6.45, 7) is 5.67. The number of nitrogens with one attached hydrogen (secondary N) is 2. The van der Waals surface area contributed by atoms with E-state index in [2.05, 4.69) is 22.8 Å². The molecule has 193 valence electrons. The maximum absolute atomic E-state index is 12.6. The summed E-state index contributed by atoms with van der Waals surface area (Å²) in [7, 11) is 3.24. The predicted molar refractivity (Wildman–Crippen MR) is 153 cm³/mol. The fraction of sp³-hybridized carbons (Fsp3) is 0.161. The molecule has 0 fully saturated rings. The van der Waals surface area contributed by atoms with Crippen LogP contribution in [0.4, 0.5) is 10.5 Å². The van der Waals surface area contributed by atoms with Crippen molar-refractivity contribution in [1.82, 2.24) is 4.98 Å². The van der Waals surface area contributed by atoms with Gasteiger partial charge in [0.15, 0.2) is 11.5 Å². The first-order valence-electron chi connectivity index (χ1n) is 12.1. The molecule has 2 N–H and O–H groups in total. The minimum Gasteiger partial charge on any atom is -0.493 e. The van der Waals surface area contributed by atoms with Gasteiger partial charge >= 0.3 is 6.09 Å². The van der Waals surface area contributed by atoms with Crippen LogP contribution in [0.5, 0.6) is 17.2 Å². The SMILES string of the molecule is COc1cc2nccc(C3=C(c4cc(C)c(NC(=O)Oc5cccc(C(C)=N)c5)cc4C)[CH]3)c2cc1OC.[HH]. The van der Waals surface area contributed by atoms with Crippen molar-refractivity contribution in [3.8, 4) is 17.2 Å². The average Bonchev–Trinajstić information content (AvgIpc) is 3.69. The smallest absolute Gasteiger partial charge is 0.417 e. The second-order valence-corrected chi connectivity index (χ2v) is 9.20. The number of fused-ring (bicyclic) bond motifs is 1. The maximum atomic E-state index is 12.6. The normalized spacial score (nSPS) is 12.3. The van der Waals surface area contributed by atoms with Gasteiger partial charge in [-0.2, -0.15) is 0 Å². The lowest BCUT2D eigenvalue weighted by Crippen LogP contribution is -2.17. The fourth-order valence-corrected chi connectivity index (χ4v) is 4.54. The highest BCUT2D eigenvalue weighted by atomic mass is 16.6. The van der Waals surface area contributed by atoms with Gasteiger partial charge in [0, 0.05) is 36.9 Å². The zero-order valence-electron chi connectivity index (χ0n) is 21.9. The van der Waals surface area contributed by atoms with Gasteiger partial charge in [-0.3, -0.25) is 10.3 Å². The molecule has 0 aliphatic heterocycles. The second kappa shape index (κ2) is 10.0. The lowest BCUT2D eigenvalue weighted by molar-refractivity contribution is 0.215. The van der Waals surface area contributed by atoms with Gasteiger partial charge < -0.3 is 19.6 Å². The van der Waals surface area contributed by atoms with Crippen LogP contribution < -0.4 is 19.5 Å². The molecule has 1 aromatic heterocycles. The first-order valence-corrected chi connectivity index (χ1v) is 12.1. The first kappa shape index (κ1) is 25.0. The van der Waals surface area contributed by atoms with Gasteiger partial charge in [0.25, 0.3) is 0 Å². The highest BCUT2D eigenvalue weighted by Gasteiger charge is 2.28. The summed E-state index contributed by atoms with van der Waals surface area (Å²) in [5.41, 5.74) is 9.07. The second-order valence-electron chi connectivity index (χ2n) is 9.20. The van der Waals surface area contributed by atoms with Crippen LogP contribution in [0.25, 0.3) is 22.0 Å². The number of benzene rings is 3. The Morgan fingerprint density at radius 3 is 2.39 bits per heavy atom. The number of hydrogen-bond donors (Lipinski definition) is 2. The van der Waals surface area contributed by atoms with E-state index in [-0.39, 0.29) is 1.43 Å². The molecule has 0 bridgehead atoms. The van der Waals surface area contributed by atoms with E-state index in [4.69, 9.17) is 19.6 Å². The quantitative estimate of drug-likeness (QED) is 0.257. The van der Waals surface area contributed by atoms with Crippen LogP contribution >= 0.6 is 0 Å². The standard InChI is InChI=1S/C31H28N3O4.H2/c1-17-12-27(34-31(35)38-21-8-6-7-20(13-21)19(3)32)18(2)11-23(17)25-14-24(25)22-9-10-33-28-16-30(37-5)29(36-4)15-26(22)28;/h6-16,32H,1-5H3,(H,34,35);1H. The highest BCUT2D eigenvalue weighted by molar-refractivity contribution is 6.21. The number of aryl methyl sites for hydroxylation is 2. The number of carbonyl (C=O) groups is 1. The molecule has 38 heavy (non-hydrogen) atoms. The molecule has 4 aromatic rings. The zero-order chi connectivity index (χ0) is 27.0. The summed E-state index contributed by atoms with van der Waals surface area (Å²) in [6, 6.07) is 16.8. The van der Waals surface area contributed by atoms with Crippen molar-refractivity contribution in [2.45, 2.75) is 20.8 Å². The van der Waals surface area contributed by atoms with Crippen molar-refractivity contribution in [2.24, 2.45) is 0 Å². The van der Waals surface area contributed by atoms with Gasteiger partial charge in [-0.15, -0.1) is 0 Å². The molecule has 7 heteroatoms. The number of nitrogens with zero attached hydrogens (tertiary/aromatic N) is 1. The Balaban J connectivity index is 0.00000353. The Kier molecular flexibility index (Phi) is 6.59. The number of allylic oxidation sites excluding steroid dienone is 2. The molecule has 5 rings (SSSR count). The molecule has 0 unspecified atom stereocenters. The largest absolute Gasteiger partial charge is 0.493 e. The van der Waals surface area contributed by atoms with Crippen molar-refractivity contribution in [1.29, 1.82) is 5.41 Å². The van der Waals surface area contributed by atoms with Gasteiger partial charge in [-0.05, 0) is 96.1 Å². The Morgan fingerprint density at radius 1 is 0.921 bits per heavy atom. The topological polar surface area (TPSA) is 93.5 Å². The van der Waals surface area contributed by atoms with E-state index in [0.29, 0.717) is 34.2 Å². The number of ether oxygens (including phenoxy) is 3. The van der Waals surface area contributed by atoms with Crippen LogP contribution in [0.3, 0.4) is 0 Å². The molecular formula is C31H30N3O4. The molecule has 1 aliphatic carbocycles. The summed E-state index contributed by atoms with van der Waals surface area (Å²) in [4.78, 5) is 17.1. The Morgan fingerprint density at radius 2 is 1.66 bits per heavy atom. The number of rotatable bonds is 7. The Bertz CT molecular complexity index is 1640. The van der Waals surface area contributed by atoms with Crippen molar-refractivity contribution in [2.75, 3.05) is 19.5 Å². The van der Waals surface area contributed by atoms with Crippen molar-refractivity contribution >= 4 is 39.5 Å². The molecule has 1 aliphatic rings. The molecule has 0 saturated heterocycles. The molecule has 3 aromatic carbocycles. The van der Waals surface area contributed by atoms with Crippen molar-refractivity contribution < 1.29 is 20.4 Å². The Hall–Kier alpha value is -4.65. The Labute approximate surface area is 223 Å². The number of pyridine rings is 1. The molecule has 0 atom stereocenters. The molecule has 1 heterocycles.